The summed E-state index contributed by atoms with van der Waals surface area (Å²) in [5.74, 6) is -1.15. The smallest absolute Gasteiger partial charge is 0.410 e. The molecule has 0 aromatic heterocycles. The van der Waals surface area contributed by atoms with Crippen LogP contribution >= 0.6 is 0 Å². The van der Waals surface area contributed by atoms with Crippen LogP contribution in [0.1, 0.15) is 45.6 Å². The minimum atomic E-state index is -1.15. The Morgan fingerprint density at radius 3 is 2.35 bits per heavy atom. The van der Waals surface area contributed by atoms with Gasteiger partial charge in [-0.3, -0.25) is 0 Å². The molecule has 1 aromatic carbocycles. The van der Waals surface area contributed by atoms with Crippen molar-refractivity contribution >= 4 is 18.2 Å². The van der Waals surface area contributed by atoms with E-state index in [0.29, 0.717) is 45.8 Å². The Morgan fingerprint density at radius 1 is 1.03 bits per heavy atom. The number of carbonyl (C=O) groups excluding carboxylic acids is 2. The van der Waals surface area contributed by atoms with E-state index in [1.165, 1.54) is 4.90 Å². The van der Waals surface area contributed by atoms with Gasteiger partial charge in [0, 0.05) is 20.2 Å². The lowest BCUT2D eigenvalue weighted by Crippen LogP contribution is -2.41. The fourth-order valence-electron chi connectivity index (χ4n) is 2.86. The lowest BCUT2D eigenvalue weighted by atomic mass is 10.1. The summed E-state index contributed by atoms with van der Waals surface area (Å²) < 4.78 is 20.9. The number of hydrogen-bond acceptors (Lipinski definition) is 7. The minimum absolute atomic E-state index is 0.0519. The van der Waals surface area contributed by atoms with Gasteiger partial charge in [-0.05, 0) is 45.6 Å². The van der Waals surface area contributed by atoms with Gasteiger partial charge in [-0.2, -0.15) is 0 Å². The molecule has 0 aliphatic rings. The van der Waals surface area contributed by atoms with Crippen LogP contribution in [-0.4, -0.2) is 79.8 Å². The Kier molecular flexibility index (Phi) is 13.6. The van der Waals surface area contributed by atoms with Crippen LogP contribution in [0.4, 0.5) is 9.59 Å². The van der Waals surface area contributed by atoms with Crippen LogP contribution in [0.15, 0.2) is 30.3 Å². The Hall–Kier alpha value is -2.85. The van der Waals surface area contributed by atoms with E-state index >= 15 is 0 Å². The fraction of sp³-hybridized carbons (Fsp3) is 0.625. The third-order valence-corrected chi connectivity index (χ3v) is 4.56. The first-order valence-corrected chi connectivity index (χ1v) is 11.4. The van der Waals surface area contributed by atoms with E-state index in [4.69, 9.17) is 18.9 Å². The van der Waals surface area contributed by atoms with E-state index in [0.717, 1.165) is 5.56 Å². The van der Waals surface area contributed by atoms with Crippen LogP contribution in [0.25, 0.3) is 0 Å². The van der Waals surface area contributed by atoms with Crippen molar-refractivity contribution in [2.24, 2.45) is 0 Å². The number of hydrogen-bond donors (Lipinski definition) is 2. The molecule has 1 rings (SSSR count). The first-order valence-electron chi connectivity index (χ1n) is 11.4. The highest BCUT2D eigenvalue weighted by Crippen LogP contribution is 2.12. The molecule has 0 saturated carbocycles. The highest BCUT2D eigenvalue weighted by atomic mass is 16.6. The van der Waals surface area contributed by atoms with Crippen molar-refractivity contribution in [3.8, 4) is 0 Å². The van der Waals surface area contributed by atoms with Gasteiger partial charge in [-0.1, -0.05) is 30.3 Å². The Morgan fingerprint density at radius 2 is 1.74 bits per heavy atom. The molecule has 10 nitrogen and oxygen atoms in total. The quantitative estimate of drug-likeness (QED) is 0.365. The van der Waals surface area contributed by atoms with Gasteiger partial charge in [-0.15, -0.1) is 0 Å². The zero-order valence-corrected chi connectivity index (χ0v) is 20.6. The number of methoxy groups -OCH3 is 1. The Labute approximate surface area is 201 Å². The van der Waals surface area contributed by atoms with E-state index in [2.05, 4.69) is 5.32 Å². The second kappa shape index (κ2) is 15.9. The van der Waals surface area contributed by atoms with Crippen LogP contribution in [-0.2, 0) is 30.3 Å². The van der Waals surface area contributed by atoms with Crippen molar-refractivity contribution in [3.05, 3.63) is 35.9 Å². The Bertz CT molecular complexity index is 736. The van der Waals surface area contributed by atoms with E-state index in [1.54, 1.807) is 40.0 Å². The number of carboxylic acids is 1. The third kappa shape index (κ3) is 13.6. The predicted molar refractivity (Wildman–Crippen MR) is 126 cm³/mol. The largest absolute Gasteiger partial charge is 0.480 e. The molecule has 0 aliphatic carbocycles. The average molecular weight is 483 g/mol. The lowest BCUT2D eigenvalue weighted by molar-refractivity contribution is -0.139. The molecule has 10 heteroatoms. The predicted octanol–water partition coefficient (Wildman–Crippen LogP) is 3.44. The summed E-state index contributed by atoms with van der Waals surface area (Å²) in [6.45, 7) is 7.34. The molecular formula is C24H38N2O8. The summed E-state index contributed by atoms with van der Waals surface area (Å²) in [6.07, 6.45) is -0.0516. The van der Waals surface area contributed by atoms with Crippen LogP contribution in [0.3, 0.4) is 0 Å². The molecule has 34 heavy (non-hydrogen) atoms. The van der Waals surface area contributed by atoms with E-state index < -0.39 is 29.8 Å². The van der Waals surface area contributed by atoms with Gasteiger partial charge in [0.25, 0.3) is 0 Å². The lowest BCUT2D eigenvalue weighted by Gasteiger charge is -2.27. The topological polar surface area (TPSA) is 124 Å². The highest BCUT2D eigenvalue weighted by molar-refractivity contribution is 5.79. The number of alkyl carbamates (subject to hydrolysis) is 1. The van der Waals surface area contributed by atoms with Gasteiger partial charge >= 0.3 is 18.2 Å². The molecule has 0 fully saturated rings. The molecule has 0 spiro atoms. The summed E-state index contributed by atoms with van der Waals surface area (Å²) in [5.41, 5.74) is 0.169. The van der Waals surface area contributed by atoms with E-state index in [9.17, 15) is 19.5 Å². The number of rotatable bonds is 15. The second-order valence-electron chi connectivity index (χ2n) is 8.67. The van der Waals surface area contributed by atoms with Crippen molar-refractivity contribution in [1.29, 1.82) is 0 Å². The molecule has 0 bridgehead atoms. The van der Waals surface area contributed by atoms with Crippen molar-refractivity contribution in [2.75, 3.05) is 40.0 Å². The molecule has 192 valence electrons. The number of carboxylic acid groups (broad SMARTS) is 1. The normalized spacial score (nSPS) is 12.0. The minimum Gasteiger partial charge on any atom is -0.480 e. The van der Waals surface area contributed by atoms with Gasteiger partial charge in [-0.25, -0.2) is 14.4 Å². The molecular weight excluding hydrogens is 444 g/mol. The maximum absolute atomic E-state index is 12.5. The molecule has 2 N–H and O–H groups in total. The summed E-state index contributed by atoms with van der Waals surface area (Å²) in [7, 11) is 1.58. The number of benzene rings is 1. The van der Waals surface area contributed by atoms with Gasteiger partial charge in [0.1, 0.15) is 18.2 Å². The van der Waals surface area contributed by atoms with E-state index in [-0.39, 0.29) is 13.0 Å². The Balaban J connectivity index is 2.47. The van der Waals surface area contributed by atoms with Gasteiger partial charge in [0.2, 0.25) is 0 Å². The zero-order chi connectivity index (χ0) is 25.4. The summed E-state index contributed by atoms with van der Waals surface area (Å²) in [6, 6.07) is 8.02. The third-order valence-electron chi connectivity index (χ3n) is 4.56. The molecule has 0 saturated heterocycles. The average Bonchev–Trinajstić information content (AvgIpc) is 2.77. The number of aliphatic carboxylic acids is 1. The van der Waals surface area contributed by atoms with Gasteiger partial charge in [0.05, 0.1) is 19.8 Å². The SMILES string of the molecule is COCCOCCN(CCCC[C@@H](NC(=O)OCc1ccccc1)C(=O)O)C(=O)OC(C)(C)C. The molecule has 0 radical (unpaired) electrons. The molecule has 0 heterocycles. The number of unbranched alkanes of at least 4 members (excludes halogenated alkanes) is 1. The maximum Gasteiger partial charge on any atom is 0.410 e. The monoisotopic (exact) mass is 482 g/mol. The molecule has 0 unspecified atom stereocenters. The molecule has 2 amide bonds. The standard InChI is InChI=1S/C24H38N2O8/c1-24(2,3)34-23(30)26(14-15-32-17-16-31-4)13-9-8-12-20(21(27)28)25-22(29)33-18-19-10-6-5-7-11-19/h5-7,10-11,20H,8-9,12-18H2,1-4H3,(H,25,29)(H,27,28)/t20-/m1/s1. The molecule has 0 aliphatic heterocycles. The van der Waals surface area contributed by atoms with Gasteiger partial charge < -0.3 is 34.3 Å². The summed E-state index contributed by atoms with van der Waals surface area (Å²) >= 11 is 0. The number of amides is 2. The van der Waals surface area contributed by atoms with Crippen molar-refractivity contribution in [2.45, 2.75) is 58.3 Å². The van der Waals surface area contributed by atoms with Crippen LogP contribution in [0, 0.1) is 0 Å². The first-order chi connectivity index (χ1) is 16.1. The number of carbonyl (C=O) groups is 3. The number of nitrogens with one attached hydrogen (secondary N) is 1. The maximum atomic E-state index is 12.5. The van der Waals surface area contributed by atoms with Crippen molar-refractivity contribution < 1.29 is 38.4 Å². The first kappa shape index (κ1) is 29.2. The summed E-state index contributed by atoms with van der Waals surface area (Å²) in [4.78, 5) is 37.6. The highest BCUT2D eigenvalue weighted by Gasteiger charge is 2.23. The van der Waals surface area contributed by atoms with Crippen molar-refractivity contribution in [1.82, 2.24) is 10.2 Å². The number of ether oxygens (including phenoxy) is 4. The van der Waals surface area contributed by atoms with E-state index in [1.807, 2.05) is 18.2 Å². The zero-order valence-electron chi connectivity index (χ0n) is 20.6. The van der Waals surface area contributed by atoms with Crippen LogP contribution in [0.2, 0.25) is 0 Å². The second-order valence-corrected chi connectivity index (χ2v) is 8.67. The van der Waals surface area contributed by atoms with Gasteiger partial charge in [0.15, 0.2) is 0 Å². The summed E-state index contributed by atoms with van der Waals surface area (Å²) in [5, 5.41) is 11.8. The molecule has 1 aromatic rings. The fourth-order valence-corrected chi connectivity index (χ4v) is 2.86. The van der Waals surface area contributed by atoms with Crippen molar-refractivity contribution in [3.63, 3.8) is 0 Å². The van der Waals surface area contributed by atoms with Crippen LogP contribution in [0.5, 0.6) is 0 Å². The number of nitrogens with zero attached hydrogens (tertiary/aromatic N) is 1. The van der Waals surface area contributed by atoms with Crippen LogP contribution < -0.4 is 5.32 Å². The molecule has 1 atom stereocenters.